The summed E-state index contributed by atoms with van der Waals surface area (Å²) in [5.74, 6) is 0.0578. The van der Waals surface area contributed by atoms with Crippen molar-refractivity contribution in [2.45, 2.75) is 39.1 Å². The number of hydrogen-bond acceptors (Lipinski definition) is 5. The van der Waals surface area contributed by atoms with Crippen LogP contribution < -0.4 is 0 Å². The molecule has 38 heavy (non-hydrogen) atoms. The summed E-state index contributed by atoms with van der Waals surface area (Å²) < 4.78 is 57.3. The van der Waals surface area contributed by atoms with Crippen molar-refractivity contribution < 1.29 is 22.7 Å². The van der Waals surface area contributed by atoms with Gasteiger partial charge < -0.3 is 14.7 Å². The van der Waals surface area contributed by atoms with E-state index < -0.39 is 24.2 Å². The fourth-order valence-electron chi connectivity index (χ4n) is 4.29. The molecule has 0 atom stereocenters. The number of hydrogen-bond donors (Lipinski definition) is 2. The van der Waals surface area contributed by atoms with Gasteiger partial charge in [0.05, 0.1) is 23.2 Å². The molecule has 3 heterocycles. The van der Waals surface area contributed by atoms with E-state index in [1.807, 2.05) is 4.57 Å². The zero-order valence-electron chi connectivity index (χ0n) is 20.0. The average Bonchev–Trinajstić information content (AvgIpc) is 3.52. The van der Waals surface area contributed by atoms with Crippen LogP contribution in [-0.4, -0.2) is 34.8 Å². The topological polar surface area (TPSA) is 92.5 Å². The average molecular weight is 545 g/mol. The van der Waals surface area contributed by atoms with Crippen molar-refractivity contribution in [1.82, 2.24) is 29.7 Å². The molecule has 0 aliphatic heterocycles. The van der Waals surface area contributed by atoms with Crippen LogP contribution in [0.15, 0.2) is 48.8 Å². The van der Waals surface area contributed by atoms with Crippen molar-refractivity contribution in [3.8, 4) is 34.0 Å². The summed E-state index contributed by atoms with van der Waals surface area (Å²) in [4.78, 5) is 11.3. The second-order valence-corrected chi connectivity index (χ2v) is 9.12. The molecule has 7 nitrogen and oxygen atoms in total. The third kappa shape index (κ3) is 4.99. The molecule has 0 radical (unpaired) electrons. The first-order chi connectivity index (χ1) is 18.2. The molecule has 3 aromatic heterocycles. The molecule has 196 valence electrons. The highest BCUT2D eigenvalue weighted by atomic mass is 35.5. The van der Waals surface area contributed by atoms with Gasteiger partial charge in [-0.05, 0) is 59.5 Å². The molecule has 2 aromatic carbocycles. The molecular formula is C26H21ClF4N6O. The Morgan fingerprint density at radius 3 is 2.61 bits per heavy atom. The lowest BCUT2D eigenvalue weighted by Gasteiger charge is -2.12. The van der Waals surface area contributed by atoms with Gasteiger partial charge in [-0.1, -0.05) is 31.0 Å². The number of halogens is 5. The molecule has 0 saturated carbocycles. The fourth-order valence-corrected chi connectivity index (χ4v) is 4.50. The van der Waals surface area contributed by atoms with Gasteiger partial charge in [0, 0.05) is 12.1 Å². The van der Waals surface area contributed by atoms with E-state index in [-0.39, 0.29) is 33.3 Å². The van der Waals surface area contributed by atoms with Gasteiger partial charge in [0.15, 0.2) is 11.6 Å². The van der Waals surface area contributed by atoms with E-state index in [0.717, 1.165) is 18.9 Å². The standard InChI is InChI=1S/C26H21ClF4N6O/c1-2-3-6-37-13-32-36-25(37)18-11-16(28)4-5-17(18)15-9-21(33-22(27)10-15)24-34-20-8-14(12-38)7-19(23(20)35-24)26(29,30)31/h4-5,7-11,13,38H,2-3,6,12H2,1H3,(H,34,35). The lowest BCUT2D eigenvalue weighted by atomic mass is 9.99. The first kappa shape index (κ1) is 25.8. The number of fused-ring (bicyclic) bond motifs is 1. The number of aliphatic hydroxyl groups is 1. The van der Waals surface area contributed by atoms with Crippen molar-refractivity contribution in [1.29, 1.82) is 0 Å². The summed E-state index contributed by atoms with van der Waals surface area (Å²) in [6, 6.07) is 9.65. The van der Waals surface area contributed by atoms with E-state index in [0.29, 0.717) is 29.1 Å². The molecular weight excluding hydrogens is 524 g/mol. The minimum Gasteiger partial charge on any atom is -0.392 e. The molecule has 0 bridgehead atoms. The van der Waals surface area contributed by atoms with Gasteiger partial charge in [0.1, 0.15) is 23.0 Å². The number of alkyl halides is 3. The normalized spacial score (nSPS) is 12.0. The molecule has 0 amide bonds. The predicted octanol–water partition coefficient (Wildman–Crippen LogP) is 6.65. The molecule has 0 saturated heterocycles. The Bertz CT molecular complexity index is 1630. The number of unbranched alkanes of at least 4 members (excludes halogenated alkanes) is 1. The van der Waals surface area contributed by atoms with Gasteiger partial charge in [-0.25, -0.2) is 14.4 Å². The Kier molecular flexibility index (Phi) is 6.89. The van der Waals surface area contributed by atoms with E-state index in [9.17, 15) is 22.7 Å². The van der Waals surface area contributed by atoms with Crippen molar-refractivity contribution in [2.75, 3.05) is 0 Å². The SMILES string of the molecule is CCCCn1cnnc1-c1cc(F)ccc1-c1cc(Cl)nc(-c2nc3cc(CO)cc(C(F)(F)F)c3[nH]2)c1. The quantitative estimate of drug-likeness (QED) is 0.177. The molecule has 0 aliphatic carbocycles. The van der Waals surface area contributed by atoms with Crippen LogP contribution >= 0.6 is 11.6 Å². The maximum atomic E-state index is 14.4. The van der Waals surface area contributed by atoms with Crippen LogP contribution in [-0.2, 0) is 19.3 Å². The van der Waals surface area contributed by atoms with Crippen molar-refractivity contribution >= 4 is 22.6 Å². The Labute approximate surface area is 219 Å². The van der Waals surface area contributed by atoms with Gasteiger partial charge in [-0.3, -0.25) is 0 Å². The number of aromatic nitrogens is 6. The first-order valence-electron chi connectivity index (χ1n) is 11.7. The highest BCUT2D eigenvalue weighted by Crippen LogP contribution is 2.38. The summed E-state index contributed by atoms with van der Waals surface area (Å²) in [5, 5.41) is 17.7. The van der Waals surface area contributed by atoms with E-state index in [1.54, 1.807) is 24.5 Å². The van der Waals surface area contributed by atoms with E-state index in [2.05, 4.69) is 32.1 Å². The molecule has 2 N–H and O–H groups in total. The molecule has 0 aliphatic rings. The van der Waals surface area contributed by atoms with Crippen LogP contribution in [0.25, 0.3) is 45.1 Å². The highest BCUT2D eigenvalue weighted by Gasteiger charge is 2.34. The van der Waals surface area contributed by atoms with Crippen LogP contribution in [0.3, 0.4) is 0 Å². The molecule has 0 spiro atoms. The van der Waals surface area contributed by atoms with Crippen molar-refractivity contribution in [3.63, 3.8) is 0 Å². The number of imidazole rings is 1. The smallest absolute Gasteiger partial charge is 0.392 e. The van der Waals surface area contributed by atoms with Crippen LogP contribution in [0.2, 0.25) is 5.15 Å². The number of aliphatic hydroxyl groups excluding tert-OH is 1. The van der Waals surface area contributed by atoms with Gasteiger partial charge in [0.2, 0.25) is 0 Å². The minimum atomic E-state index is -4.67. The Morgan fingerprint density at radius 2 is 1.87 bits per heavy atom. The second-order valence-electron chi connectivity index (χ2n) is 8.73. The zero-order chi connectivity index (χ0) is 27.0. The van der Waals surface area contributed by atoms with Gasteiger partial charge in [0.25, 0.3) is 0 Å². The summed E-state index contributed by atoms with van der Waals surface area (Å²) in [6.45, 7) is 2.13. The maximum Gasteiger partial charge on any atom is 0.418 e. The van der Waals surface area contributed by atoms with Crippen LogP contribution in [0, 0.1) is 5.82 Å². The molecule has 12 heteroatoms. The minimum absolute atomic E-state index is 0.0219. The van der Waals surface area contributed by atoms with Crippen molar-refractivity contribution in [3.05, 3.63) is 70.9 Å². The summed E-state index contributed by atoms with van der Waals surface area (Å²) in [7, 11) is 0. The molecule has 0 fully saturated rings. The number of pyridine rings is 1. The van der Waals surface area contributed by atoms with Crippen LogP contribution in [0.4, 0.5) is 17.6 Å². The Balaban J connectivity index is 1.65. The number of rotatable bonds is 7. The van der Waals surface area contributed by atoms with E-state index in [4.69, 9.17) is 11.6 Å². The fraction of sp³-hybridized carbons (Fsp3) is 0.231. The summed E-state index contributed by atoms with van der Waals surface area (Å²) in [6.07, 6.45) is -1.26. The highest BCUT2D eigenvalue weighted by molar-refractivity contribution is 6.29. The number of nitrogens with zero attached hydrogens (tertiary/aromatic N) is 5. The number of benzene rings is 2. The van der Waals surface area contributed by atoms with Crippen molar-refractivity contribution in [2.24, 2.45) is 0 Å². The molecule has 0 unspecified atom stereocenters. The number of aryl methyl sites for hydroxylation is 1. The monoisotopic (exact) mass is 544 g/mol. The lowest BCUT2D eigenvalue weighted by molar-refractivity contribution is -0.136. The van der Waals surface area contributed by atoms with Crippen LogP contribution in [0.5, 0.6) is 0 Å². The second kappa shape index (κ2) is 10.1. The number of aromatic amines is 1. The third-order valence-corrected chi connectivity index (χ3v) is 6.27. The zero-order valence-corrected chi connectivity index (χ0v) is 20.8. The first-order valence-corrected chi connectivity index (χ1v) is 12.1. The maximum absolute atomic E-state index is 14.4. The van der Waals surface area contributed by atoms with Gasteiger partial charge in [-0.2, -0.15) is 13.2 Å². The predicted molar refractivity (Wildman–Crippen MR) is 135 cm³/mol. The number of nitrogens with one attached hydrogen (secondary N) is 1. The lowest BCUT2D eigenvalue weighted by Crippen LogP contribution is -2.07. The summed E-state index contributed by atoms with van der Waals surface area (Å²) >= 11 is 6.34. The third-order valence-electron chi connectivity index (χ3n) is 6.08. The summed E-state index contributed by atoms with van der Waals surface area (Å²) in [5.41, 5.74) is 0.685. The van der Waals surface area contributed by atoms with Gasteiger partial charge >= 0.3 is 6.18 Å². The molecule has 5 rings (SSSR count). The van der Waals surface area contributed by atoms with E-state index in [1.165, 1.54) is 18.2 Å². The number of H-pyrrole nitrogens is 1. The van der Waals surface area contributed by atoms with Gasteiger partial charge in [-0.15, -0.1) is 10.2 Å². The Morgan fingerprint density at radius 1 is 1.05 bits per heavy atom. The largest absolute Gasteiger partial charge is 0.418 e. The van der Waals surface area contributed by atoms with E-state index >= 15 is 0 Å². The molecule has 5 aromatic rings. The van der Waals surface area contributed by atoms with Crippen LogP contribution in [0.1, 0.15) is 30.9 Å². The Hall–Kier alpha value is -3.83.